The number of benzene rings is 2. The van der Waals surface area contributed by atoms with Crippen LogP contribution < -0.4 is 11.1 Å². The molecule has 0 aliphatic carbocycles. The van der Waals surface area contributed by atoms with Crippen molar-refractivity contribution >= 4 is 22.8 Å². The first kappa shape index (κ1) is 13.5. The van der Waals surface area contributed by atoms with Gasteiger partial charge in [-0.1, -0.05) is 37.3 Å². The van der Waals surface area contributed by atoms with Gasteiger partial charge in [0.15, 0.2) is 5.58 Å². The SMILES string of the molecule is CC(CCNc1nc2cc(N)ccc2o1)c1ccccc1. The van der Waals surface area contributed by atoms with Gasteiger partial charge in [0.2, 0.25) is 0 Å². The number of nitrogens with zero attached hydrogens (tertiary/aromatic N) is 1. The summed E-state index contributed by atoms with van der Waals surface area (Å²) in [5, 5.41) is 3.24. The second-order valence-electron chi connectivity index (χ2n) is 5.27. The van der Waals surface area contributed by atoms with Crippen LogP contribution in [0.1, 0.15) is 24.8 Å². The van der Waals surface area contributed by atoms with Gasteiger partial charge in [-0.05, 0) is 36.1 Å². The molecule has 0 aliphatic heterocycles. The molecule has 1 atom stereocenters. The van der Waals surface area contributed by atoms with Crippen molar-refractivity contribution in [3.8, 4) is 0 Å². The minimum atomic E-state index is 0.499. The highest BCUT2D eigenvalue weighted by atomic mass is 16.4. The number of nitrogen functional groups attached to an aromatic ring is 1. The third-order valence-corrected chi connectivity index (χ3v) is 3.63. The zero-order valence-corrected chi connectivity index (χ0v) is 12.0. The molecule has 21 heavy (non-hydrogen) atoms. The quantitative estimate of drug-likeness (QED) is 0.693. The van der Waals surface area contributed by atoms with Crippen LogP contribution >= 0.6 is 0 Å². The van der Waals surface area contributed by atoms with Crippen LogP contribution in [0.15, 0.2) is 52.9 Å². The molecule has 2 aromatic carbocycles. The van der Waals surface area contributed by atoms with Crippen molar-refractivity contribution in [1.82, 2.24) is 4.98 Å². The third kappa shape index (κ3) is 3.16. The number of rotatable bonds is 5. The summed E-state index contributed by atoms with van der Waals surface area (Å²) in [6.45, 7) is 3.04. The second kappa shape index (κ2) is 5.87. The monoisotopic (exact) mass is 281 g/mol. The van der Waals surface area contributed by atoms with Crippen LogP contribution in [-0.2, 0) is 0 Å². The lowest BCUT2D eigenvalue weighted by molar-refractivity contribution is 0.605. The predicted molar refractivity (Wildman–Crippen MR) is 86.4 cm³/mol. The molecule has 0 spiro atoms. The lowest BCUT2D eigenvalue weighted by atomic mass is 9.98. The first-order valence-corrected chi connectivity index (χ1v) is 7.17. The van der Waals surface area contributed by atoms with E-state index in [9.17, 15) is 0 Å². The van der Waals surface area contributed by atoms with Crippen LogP contribution in [0.2, 0.25) is 0 Å². The summed E-state index contributed by atoms with van der Waals surface area (Å²) in [6, 6.07) is 16.5. The topological polar surface area (TPSA) is 64.1 Å². The van der Waals surface area contributed by atoms with Gasteiger partial charge in [0.25, 0.3) is 6.01 Å². The van der Waals surface area contributed by atoms with Gasteiger partial charge in [-0.25, -0.2) is 0 Å². The van der Waals surface area contributed by atoms with Crippen molar-refractivity contribution in [2.45, 2.75) is 19.3 Å². The Kier molecular flexibility index (Phi) is 3.77. The Bertz CT molecular complexity index is 721. The number of hydrogen-bond acceptors (Lipinski definition) is 4. The van der Waals surface area contributed by atoms with Crippen molar-refractivity contribution in [3.05, 3.63) is 54.1 Å². The van der Waals surface area contributed by atoms with E-state index >= 15 is 0 Å². The first-order valence-electron chi connectivity index (χ1n) is 7.17. The molecule has 1 unspecified atom stereocenters. The molecule has 0 radical (unpaired) electrons. The van der Waals surface area contributed by atoms with Crippen LogP contribution in [0.3, 0.4) is 0 Å². The second-order valence-corrected chi connectivity index (χ2v) is 5.27. The third-order valence-electron chi connectivity index (χ3n) is 3.63. The molecule has 1 aromatic heterocycles. The molecule has 0 saturated carbocycles. The Morgan fingerprint density at radius 2 is 2.00 bits per heavy atom. The van der Waals surface area contributed by atoms with Gasteiger partial charge >= 0.3 is 0 Å². The number of anilines is 2. The molecular weight excluding hydrogens is 262 g/mol. The molecule has 3 N–H and O–H groups in total. The van der Waals surface area contributed by atoms with E-state index in [0.717, 1.165) is 24.1 Å². The lowest BCUT2D eigenvalue weighted by Crippen LogP contribution is -2.06. The van der Waals surface area contributed by atoms with E-state index in [1.807, 2.05) is 24.3 Å². The molecule has 1 heterocycles. The van der Waals surface area contributed by atoms with Crippen LogP contribution in [0.4, 0.5) is 11.7 Å². The van der Waals surface area contributed by atoms with E-state index < -0.39 is 0 Å². The normalized spacial score (nSPS) is 12.4. The van der Waals surface area contributed by atoms with Crippen molar-refractivity contribution in [2.24, 2.45) is 0 Å². The maximum atomic E-state index is 5.74. The molecule has 3 rings (SSSR count). The fourth-order valence-electron chi connectivity index (χ4n) is 2.36. The molecule has 4 heteroatoms. The highest BCUT2D eigenvalue weighted by Gasteiger charge is 2.07. The van der Waals surface area contributed by atoms with Crippen LogP contribution in [0, 0.1) is 0 Å². The predicted octanol–water partition coefficient (Wildman–Crippen LogP) is 4.02. The molecule has 108 valence electrons. The Hall–Kier alpha value is -2.49. The average Bonchev–Trinajstić information content (AvgIpc) is 2.89. The molecule has 0 bridgehead atoms. The Balaban J connectivity index is 1.59. The number of hydrogen-bond donors (Lipinski definition) is 2. The highest BCUT2D eigenvalue weighted by Crippen LogP contribution is 2.22. The zero-order valence-electron chi connectivity index (χ0n) is 12.0. The van der Waals surface area contributed by atoms with Crippen LogP contribution in [-0.4, -0.2) is 11.5 Å². The van der Waals surface area contributed by atoms with Crippen LogP contribution in [0.5, 0.6) is 0 Å². The van der Waals surface area contributed by atoms with E-state index in [1.54, 1.807) is 0 Å². The van der Waals surface area contributed by atoms with E-state index in [-0.39, 0.29) is 0 Å². The number of nitrogens with one attached hydrogen (secondary N) is 1. The number of oxazole rings is 1. The van der Waals surface area contributed by atoms with Gasteiger partial charge in [0, 0.05) is 12.2 Å². The maximum Gasteiger partial charge on any atom is 0.295 e. The van der Waals surface area contributed by atoms with Gasteiger partial charge in [-0.15, -0.1) is 0 Å². The largest absolute Gasteiger partial charge is 0.424 e. The number of nitrogens with two attached hydrogens (primary N) is 1. The summed E-state index contributed by atoms with van der Waals surface area (Å²) < 4.78 is 5.63. The molecule has 4 nitrogen and oxygen atoms in total. The van der Waals surface area contributed by atoms with Crippen molar-refractivity contribution < 1.29 is 4.42 Å². The fraction of sp³-hybridized carbons (Fsp3) is 0.235. The highest BCUT2D eigenvalue weighted by molar-refractivity contribution is 5.78. The summed E-state index contributed by atoms with van der Waals surface area (Å²) in [5.74, 6) is 0.499. The zero-order chi connectivity index (χ0) is 14.7. The van der Waals surface area contributed by atoms with Gasteiger partial charge in [-0.3, -0.25) is 0 Å². The molecular formula is C17H19N3O. The van der Waals surface area contributed by atoms with E-state index in [2.05, 4.69) is 41.5 Å². The van der Waals surface area contributed by atoms with E-state index in [4.69, 9.17) is 10.2 Å². The van der Waals surface area contributed by atoms with Gasteiger partial charge in [-0.2, -0.15) is 4.98 Å². The average molecular weight is 281 g/mol. The molecule has 0 fully saturated rings. The Labute approximate surface area is 124 Å². The van der Waals surface area contributed by atoms with E-state index in [0.29, 0.717) is 17.6 Å². The molecule has 3 aromatic rings. The van der Waals surface area contributed by atoms with Gasteiger partial charge < -0.3 is 15.5 Å². The van der Waals surface area contributed by atoms with Crippen LogP contribution in [0.25, 0.3) is 11.1 Å². The van der Waals surface area contributed by atoms with Gasteiger partial charge in [0.05, 0.1) is 0 Å². The fourth-order valence-corrected chi connectivity index (χ4v) is 2.36. The first-order chi connectivity index (χ1) is 10.2. The van der Waals surface area contributed by atoms with Crippen molar-refractivity contribution in [1.29, 1.82) is 0 Å². The summed E-state index contributed by atoms with van der Waals surface area (Å²) in [5.41, 5.74) is 9.32. The maximum absolute atomic E-state index is 5.74. The molecule has 0 amide bonds. The van der Waals surface area contributed by atoms with Crippen molar-refractivity contribution in [3.63, 3.8) is 0 Å². The number of fused-ring (bicyclic) bond motifs is 1. The van der Waals surface area contributed by atoms with Crippen molar-refractivity contribution in [2.75, 3.05) is 17.6 Å². The molecule has 0 aliphatic rings. The summed E-state index contributed by atoms with van der Waals surface area (Å²) in [7, 11) is 0. The summed E-state index contributed by atoms with van der Waals surface area (Å²) in [6.07, 6.45) is 1.02. The Morgan fingerprint density at radius 3 is 2.81 bits per heavy atom. The standard InChI is InChI=1S/C17H19N3O/c1-12(13-5-3-2-4-6-13)9-10-19-17-20-15-11-14(18)7-8-16(15)21-17/h2-8,11-12H,9-10,18H2,1H3,(H,19,20). The summed E-state index contributed by atoms with van der Waals surface area (Å²) >= 11 is 0. The van der Waals surface area contributed by atoms with E-state index in [1.165, 1.54) is 5.56 Å². The summed E-state index contributed by atoms with van der Waals surface area (Å²) in [4.78, 5) is 4.39. The van der Waals surface area contributed by atoms with Gasteiger partial charge in [0.1, 0.15) is 5.52 Å². The lowest BCUT2D eigenvalue weighted by Gasteiger charge is -2.11. The minimum Gasteiger partial charge on any atom is -0.424 e. The number of aromatic nitrogens is 1. The molecule has 0 saturated heterocycles. The Morgan fingerprint density at radius 1 is 1.19 bits per heavy atom. The minimum absolute atomic E-state index is 0.499. The smallest absolute Gasteiger partial charge is 0.295 e.